The lowest BCUT2D eigenvalue weighted by Crippen LogP contribution is -2.05. The van der Waals surface area contributed by atoms with Gasteiger partial charge in [-0.2, -0.15) is 0 Å². The van der Waals surface area contributed by atoms with Crippen LogP contribution < -0.4 is 11.5 Å². The molecule has 4 N–H and O–H groups in total. The number of carbonyl (C=O) groups excluding carboxylic acids is 2. The minimum atomic E-state index is -0.0411. The first-order chi connectivity index (χ1) is 13.5. The second kappa shape index (κ2) is 7.16. The molecule has 28 heavy (non-hydrogen) atoms. The van der Waals surface area contributed by atoms with Gasteiger partial charge in [0.25, 0.3) is 0 Å². The van der Waals surface area contributed by atoms with E-state index in [2.05, 4.69) is 0 Å². The summed E-state index contributed by atoms with van der Waals surface area (Å²) >= 11 is 0. The van der Waals surface area contributed by atoms with Crippen molar-refractivity contribution in [3.8, 4) is 0 Å². The Kier molecular flexibility index (Phi) is 4.53. The highest BCUT2D eigenvalue weighted by Gasteiger charge is 2.12. The van der Waals surface area contributed by atoms with Crippen molar-refractivity contribution in [1.82, 2.24) is 0 Å². The lowest BCUT2D eigenvalue weighted by Gasteiger charge is -2.06. The first kappa shape index (κ1) is 17.7. The number of nitrogens with two attached hydrogens (primary N) is 2. The number of rotatable bonds is 5. The van der Waals surface area contributed by atoms with Crippen LogP contribution in [0.15, 0.2) is 72.8 Å². The van der Waals surface area contributed by atoms with Crippen LogP contribution in [0.5, 0.6) is 0 Å². The van der Waals surface area contributed by atoms with E-state index in [4.69, 9.17) is 11.5 Å². The molecule has 0 saturated heterocycles. The maximum absolute atomic E-state index is 12.6. The van der Waals surface area contributed by atoms with Gasteiger partial charge in [-0.05, 0) is 57.9 Å². The fraction of sp³-hybridized carbons (Fsp3) is 0.0833. The van der Waals surface area contributed by atoms with Crippen molar-refractivity contribution in [3.05, 3.63) is 83.9 Å². The van der Waals surface area contributed by atoms with E-state index in [1.807, 2.05) is 60.7 Å². The summed E-state index contributed by atoms with van der Waals surface area (Å²) in [7, 11) is 0. The number of hydrogen-bond donors (Lipinski definition) is 2. The van der Waals surface area contributed by atoms with Crippen LogP contribution >= 0.6 is 0 Å². The molecule has 0 bridgehead atoms. The van der Waals surface area contributed by atoms with E-state index in [-0.39, 0.29) is 24.4 Å². The molecule has 0 aliphatic rings. The summed E-state index contributed by atoms with van der Waals surface area (Å²) < 4.78 is 0. The summed E-state index contributed by atoms with van der Waals surface area (Å²) in [6.07, 6.45) is 0.359. The van der Waals surface area contributed by atoms with Gasteiger partial charge in [-0.25, -0.2) is 0 Å². The summed E-state index contributed by atoms with van der Waals surface area (Å²) in [4.78, 5) is 25.1. The van der Waals surface area contributed by atoms with Gasteiger partial charge < -0.3 is 11.5 Å². The highest BCUT2D eigenvalue weighted by molar-refractivity contribution is 6.05. The molecule has 0 unspecified atom stereocenters. The third-order valence-corrected chi connectivity index (χ3v) is 4.95. The average Bonchev–Trinajstić information content (AvgIpc) is 2.70. The molecule has 138 valence electrons. The molecule has 0 saturated carbocycles. The van der Waals surface area contributed by atoms with Crippen molar-refractivity contribution < 1.29 is 9.59 Å². The highest BCUT2D eigenvalue weighted by atomic mass is 16.1. The molecule has 0 aliphatic heterocycles. The summed E-state index contributed by atoms with van der Waals surface area (Å²) in [6.45, 7) is 0. The van der Waals surface area contributed by atoms with E-state index < -0.39 is 0 Å². The molecule has 4 aromatic carbocycles. The molecule has 4 rings (SSSR count). The van der Waals surface area contributed by atoms with Crippen molar-refractivity contribution >= 4 is 44.5 Å². The van der Waals surface area contributed by atoms with E-state index in [0.717, 1.165) is 21.5 Å². The van der Waals surface area contributed by atoms with Crippen molar-refractivity contribution in [2.75, 3.05) is 11.5 Å². The number of benzene rings is 4. The van der Waals surface area contributed by atoms with Crippen LogP contribution in [-0.4, -0.2) is 11.6 Å². The normalized spacial score (nSPS) is 11.0. The second-order valence-electron chi connectivity index (χ2n) is 6.99. The number of carbonyl (C=O) groups is 2. The van der Waals surface area contributed by atoms with Crippen LogP contribution in [-0.2, 0) is 0 Å². The van der Waals surface area contributed by atoms with Gasteiger partial charge in [-0.3, -0.25) is 9.59 Å². The SMILES string of the molecule is Nc1ccc2cc(C(=O)CCC(=O)c3ccc4cc(N)ccc4c3)ccc2c1. The van der Waals surface area contributed by atoms with E-state index >= 15 is 0 Å². The van der Waals surface area contributed by atoms with Gasteiger partial charge in [0.1, 0.15) is 0 Å². The fourth-order valence-electron chi connectivity index (χ4n) is 3.39. The Morgan fingerprint density at radius 3 is 1.32 bits per heavy atom. The van der Waals surface area contributed by atoms with Gasteiger partial charge in [0.15, 0.2) is 11.6 Å². The smallest absolute Gasteiger partial charge is 0.163 e. The number of fused-ring (bicyclic) bond motifs is 2. The molecule has 0 spiro atoms. The number of anilines is 2. The van der Waals surface area contributed by atoms with E-state index in [1.165, 1.54) is 0 Å². The van der Waals surface area contributed by atoms with Crippen LogP contribution in [0, 0.1) is 0 Å². The maximum Gasteiger partial charge on any atom is 0.163 e. The molecule has 4 nitrogen and oxygen atoms in total. The first-order valence-corrected chi connectivity index (χ1v) is 9.14. The quantitative estimate of drug-likeness (QED) is 0.383. The van der Waals surface area contributed by atoms with Crippen LogP contribution in [0.1, 0.15) is 33.6 Å². The number of hydrogen-bond acceptors (Lipinski definition) is 4. The molecule has 0 fully saturated rings. The van der Waals surface area contributed by atoms with Gasteiger partial charge in [0.05, 0.1) is 0 Å². The Balaban J connectivity index is 1.47. The Morgan fingerprint density at radius 2 is 0.893 bits per heavy atom. The highest BCUT2D eigenvalue weighted by Crippen LogP contribution is 2.22. The topological polar surface area (TPSA) is 86.2 Å². The van der Waals surface area contributed by atoms with Gasteiger partial charge in [0.2, 0.25) is 0 Å². The van der Waals surface area contributed by atoms with Crippen molar-refractivity contribution in [2.45, 2.75) is 12.8 Å². The number of ketones is 2. The lowest BCUT2D eigenvalue weighted by molar-refractivity contribution is 0.0917. The fourth-order valence-corrected chi connectivity index (χ4v) is 3.39. The standard InChI is InChI=1S/C24H20N2O2/c25-21-7-5-15-11-19(3-1-17(15)13-21)23(27)9-10-24(28)20-4-2-18-14-22(26)8-6-16(18)12-20/h1-8,11-14H,9-10,25-26H2. The minimum absolute atomic E-state index is 0.0411. The molecule has 0 aromatic heterocycles. The van der Waals surface area contributed by atoms with Gasteiger partial charge >= 0.3 is 0 Å². The van der Waals surface area contributed by atoms with E-state index in [0.29, 0.717) is 22.5 Å². The Bertz CT molecular complexity index is 1130. The van der Waals surface area contributed by atoms with Gasteiger partial charge in [0, 0.05) is 35.3 Å². The lowest BCUT2D eigenvalue weighted by atomic mass is 9.98. The molecular weight excluding hydrogens is 348 g/mol. The number of Topliss-reactive ketones (excluding diaryl/α,β-unsaturated/α-hetero) is 2. The van der Waals surface area contributed by atoms with E-state index in [1.54, 1.807) is 12.1 Å². The third-order valence-electron chi connectivity index (χ3n) is 4.95. The zero-order chi connectivity index (χ0) is 19.7. The van der Waals surface area contributed by atoms with Crippen molar-refractivity contribution in [1.29, 1.82) is 0 Å². The largest absolute Gasteiger partial charge is 0.399 e. The van der Waals surface area contributed by atoms with Crippen LogP contribution in [0.4, 0.5) is 11.4 Å². The molecular formula is C24H20N2O2. The molecule has 4 aromatic rings. The number of nitrogen functional groups attached to an aromatic ring is 2. The predicted octanol–water partition coefficient (Wildman–Crippen LogP) is 5.00. The summed E-state index contributed by atoms with van der Waals surface area (Å²) in [5, 5.41) is 3.90. The van der Waals surface area contributed by atoms with Crippen LogP contribution in [0.25, 0.3) is 21.5 Å². The zero-order valence-corrected chi connectivity index (χ0v) is 15.3. The monoisotopic (exact) mass is 368 g/mol. The molecule has 0 heterocycles. The Morgan fingerprint density at radius 1 is 0.536 bits per heavy atom. The minimum Gasteiger partial charge on any atom is -0.399 e. The molecule has 0 atom stereocenters. The average molecular weight is 368 g/mol. The van der Waals surface area contributed by atoms with Crippen molar-refractivity contribution in [2.24, 2.45) is 0 Å². The molecule has 0 aliphatic carbocycles. The second-order valence-corrected chi connectivity index (χ2v) is 6.99. The first-order valence-electron chi connectivity index (χ1n) is 9.14. The summed E-state index contributed by atoms with van der Waals surface area (Å²) in [6, 6.07) is 22.2. The Labute approximate surface area is 162 Å². The molecule has 0 amide bonds. The van der Waals surface area contributed by atoms with Crippen molar-refractivity contribution in [3.63, 3.8) is 0 Å². The van der Waals surface area contributed by atoms with Gasteiger partial charge in [-0.15, -0.1) is 0 Å². The van der Waals surface area contributed by atoms with Crippen LogP contribution in [0.3, 0.4) is 0 Å². The molecule has 4 heteroatoms. The van der Waals surface area contributed by atoms with E-state index in [9.17, 15) is 9.59 Å². The predicted molar refractivity (Wildman–Crippen MR) is 115 cm³/mol. The van der Waals surface area contributed by atoms with Crippen LogP contribution in [0.2, 0.25) is 0 Å². The van der Waals surface area contributed by atoms with Gasteiger partial charge in [-0.1, -0.05) is 36.4 Å². The molecule has 0 radical (unpaired) electrons. The third kappa shape index (κ3) is 3.58. The summed E-state index contributed by atoms with van der Waals surface area (Å²) in [5.74, 6) is -0.0822. The summed E-state index contributed by atoms with van der Waals surface area (Å²) in [5.41, 5.74) is 14.2. The maximum atomic E-state index is 12.6. The Hall–Kier alpha value is -3.66. The zero-order valence-electron chi connectivity index (χ0n) is 15.3.